The number of hydrogen-bond acceptors (Lipinski definition) is 2. The number of aldehydes is 1. The molecule has 0 unspecified atom stereocenters. The van der Waals surface area contributed by atoms with Crippen LogP contribution < -0.4 is 0 Å². The zero-order valence-electron chi connectivity index (χ0n) is 10.0. The predicted octanol–water partition coefficient (Wildman–Crippen LogP) is 4.24. The average Bonchev–Trinajstić information content (AvgIpc) is 2.39. The van der Waals surface area contributed by atoms with Gasteiger partial charge in [0.2, 0.25) is 0 Å². The van der Waals surface area contributed by atoms with Crippen molar-refractivity contribution in [3.8, 4) is 0 Å². The van der Waals surface area contributed by atoms with Crippen LogP contribution in [-0.4, -0.2) is 6.29 Å². The first-order chi connectivity index (χ1) is 8.70. The lowest BCUT2D eigenvalue weighted by Gasteiger charge is -2.06. The van der Waals surface area contributed by atoms with Gasteiger partial charge in [-0.2, -0.15) is 0 Å². The Hall–Kier alpha value is -1.61. The summed E-state index contributed by atoms with van der Waals surface area (Å²) in [7, 11) is 0. The molecular formula is C15H13FOS. The van der Waals surface area contributed by atoms with Gasteiger partial charge in [-0.05, 0) is 30.2 Å². The van der Waals surface area contributed by atoms with Crippen molar-refractivity contribution in [2.45, 2.75) is 17.6 Å². The van der Waals surface area contributed by atoms with Crippen LogP contribution in [0.4, 0.5) is 4.39 Å². The van der Waals surface area contributed by atoms with Gasteiger partial charge in [0.05, 0.1) is 0 Å². The fraction of sp³-hybridized carbons (Fsp3) is 0.133. The maximum absolute atomic E-state index is 13.7. The summed E-state index contributed by atoms with van der Waals surface area (Å²) in [5.74, 6) is 0.391. The molecule has 0 aliphatic carbocycles. The lowest BCUT2D eigenvalue weighted by atomic mass is 10.1. The van der Waals surface area contributed by atoms with E-state index in [1.54, 1.807) is 12.1 Å². The lowest BCUT2D eigenvalue weighted by Crippen LogP contribution is -1.89. The Morgan fingerprint density at radius 3 is 2.67 bits per heavy atom. The highest BCUT2D eigenvalue weighted by atomic mass is 32.2. The fourth-order valence-electron chi connectivity index (χ4n) is 1.63. The standard InChI is InChI=1S/C15H13FOS/c1-11-4-2-3-5-13(11)10-18-15-7-6-12(9-17)8-14(15)16/h2-9H,10H2,1H3. The van der Waals surface area contributed by atoms with E-state index in [9.17, 15) is 9.18 Å². The third kappa shape index (κ3) is 2.99. The summed E-state index contributed by atoms with van der Waals surface area (Å²) in [6.07, 6.45) is 0.652. The van der Waals surface area contributed by atoms with Gasteiger partial charge in [-0.3, -0.25) is 4.79 Å². The summed E-state index contributed by atoms with van der Waals surface area (Å²) < 4.78 is 13.7. The van der Waals surface area contributed by atoms with Crippen molar-refractivity contribution in [3.63, 3.8) is 0 Å². The van der Waals surface area contributed by atoms with Crippen molar-refractivity contribution in [1.82, 2.24) is 0 Å². The van der Waals surface area contributed by atoms with E-state index in [4.69, 9.17) is 0 Å². The minimum atomic E-state index is -0.335. The van der Waals surface area contributed by atoms with E-state index in [2.05, 4.69) is 0 Å². The Labute approximate surface area is 110 Å². The summed E-state index contributed by atoms with van der Waals surface area (Å²) in [4.78, 5) is 11.1. The second kappa shape index (κ2) is 5.83. The largest absolute Gasteiger partial charge is 0.298 e. The number of thioether (sulfide) groups is 1. The fourth-order valence-corrected chi connectivity index (χ4v) is 2.63. The second-order valence-corrected chi connectivity index (χ2v) is 5.04. The van der Waals surface area contributed by atoms with Crippen LogP contribution >= 0.6 is 11.8 Å². The number of aryl methyl sites for hydroxylation is 1. The van der Waals surface area contributed by atoms with Crippen LogP contribution in [0.1, 0.15) is 21.5 Å². The molecule has 0 atom stereocenters. The third-order valence-electron chi connectivity index (χ3n) is 2.74. The van der Waals surface area contributed by atoms with Crippen LogP contribution in [0, 0.1) is 12.7 Å². The van der Waals surface area contributed by atoms with Crippen molar-refractivity contribution in [2.24, 2.45) is 0 Å². The quantitative estimate of drug-likeness (QED) is 0.604. The molecule has 18 heavy (non-hydrogen) atoms. The topological polar surface area (TPSA) is 17.1 Å². The maximum Gasteiger partial charge on any atom is 0.150 e. The van der Waals surface area contributed by atoms with Gasteiger partial charge in [0, 0.05) is 16.2 Å². The summed E-state index contributed by atoms with van der Waals surface area (Å²) in [6, 6.07) is 12.6. The van der Waals surface area contributed by atoms with Crippen LogP contribution in [0.25, 0.3) is 0 Å². The molecule has 0 N–H and O–H groups in total. The smallest absolute Gasteiger partial charge is 0.150 e. The van der Waals surface area contributed by atoms with Crippen LogP contribution in [0.15, 0.2) is 47.4 Å². The van der Waals surface area contributed by atoms with E-state index in [1.165, 1.54) is 29.0 Å². The Kier molecular flexibility index (Phi) is 4.15. The van der Waals surface area contributed by atoms with Crippen LogP contribution in [0.3, 0.4) is 0 Å². The second-order valence-electron chi connectivity index (χ2n) is 4.02. The molecular weight excluding hydrogens is 247 g/mol. The maximum atomic E-state index is 13.7. The van der Waals surface area contributed by atoms with E-state index in [-0.39, 0.29) is 5.82 Å². The summed E-state index contributed by atoms with van der Waals surface area (Å²) in [5, 5.41) is 0. The van der Waals surface area contributed by atoms with Crippen LogP contribution in [-0.2, 0) is 5.75 Å². The van der Waals surface area contributed by atoms with Crippen molar-refractivity contribution in [1.29, 1.82) is 0 Å². The minimum Gasteiger partial charge on any atom is -0.298 e. The van der Waals surface area contributed by atoms with E-state index < -0.39 is 0 Å². The third-order valence-corrected chi connectivity index (χ3v) is 3.83. The molecule has 2 aromatic carbocycles. The van der Waals surface area contributed by atoms with Gasteiger partial charge in [0.1, 0.15) is 12.1 Å². The van der Waals surface area contributed by atoms with E-state index >= 15 is 0 Å². The first-order valence-electron chi connectivity index (χ1n) is 5.63. The van der Waals surface area contributed by atoms with Gasteiger partial charge in [0.25, 0.3) is 0 Å². The average molecular weight is 260 g/mol. The highest BCUT2D eigenvalue weighted by Gasteiger charge is 2.05. The number of hydrogen-bond donors (Lipinski definition) is 0. The first kappa shape index (κ1) is 12.8. The van der Waals surface area contributed by atoms with Crippen LogP contribution in [0.5, 0.6) is 0 Å². The number of halogens is 1. The molecule has 1 nitrogen and oxygen atoms in total. The number of carbonyl (C=O) groups excluding carboxylic acids is 1. The Morgan fingerprint density at radius 2 is 2.00 bits per heavy atom. The molecule has 0 saturated carbocycles. The molecule has 0 aliphatic heterocycles. The van der Waals surface area contributed by atoms with Gasteiger partial charge in [-0.15, -0.1) is 11.8 Å². The van der Waals surface area contributed by atoms with Gasteiger partial charge in [-0.25, -0.2) is 4.39 Å². The number of rotatable bonds is 4. The van der Waals surface area contributed by atoms with E-state index in [1.807, 2.05) is 31.2 Å². The first-order valence-corrected chi connectivity index (χ1v) is 6.61. The molecule has 0 fully saturated rings. The van der Waals surface area contributed by atoms with E-state index in [0.29, 0.717) is 16.7 Å². The Bertz CT molecular complexity index is 566. The zero-order chi connectivity index (χ0) is 13.0. The molecule has 0 bridgehead atoms. The highest BCUT2D eigenvalue weighted by Crippen LogP contribution is 2.26. The number of carbonyl (C=O) groups is 1. The molecule has 0 heterocycles. The van der Waals surface area contributed by atoms with Crippen LogP contribution in [0.2, 0.25) is 0 Å². The summed E-state index contributed by atoms with van der Waals surface area (Å²) in [5.41, 5.74) is 2.77. The molecule has 0 saturated heterocycles. The molecule has 0 amide bonds. The van der Waals surface area contributed by atoms with Gasteiger partial charge < -0.3 is 0 Å². The van der Waals surface area contributed by atoms with Gasteiger partial charge in [-0.1, -0.05) is 30.3 Å². The monoisotopic (exact) mass is 260 g/mol. The number of benzene rings is 2. The molecule has 2 rings (SSSR count). The summed E-state index contributed by atoms with van der Waals surface area (Å²) in [6.45, 7) is 2.04. The van der Waals surface area contributed by atoms with Gasteiger partial charge >= 0.3 is 0 Å². The molecule has 2 aromatic rings. The molecule has 0 radical (unpaired) electrons. The van der Waals surface area contributed by atoms with Crippen molar-refractivity contribution >= 4 is 18.0 Å². The molecule has 3 heteroatoms. The minimum absolute atomic E-state index is 0.335. The summed E-state index contributed by atoms with van der Waals surface area (Å²) >= 11 is 1.44. The van der Waals surface area contributed by atoms with Crippen molar-refractivity contribution in [3.05, 3.63) is 65.0 Å². The predicted molar refractivity (Wildman–Crippen MR) is 72.5 cm³/mol. The lowest BCUT2D eigenvalue weighted by molar-refractivity contribution is 0.112. The highest BCUT2D eigenvalue weighted by molar-refractivity contribution is 7.98. The zero-order valence-corrected chi connectivity index (χ0v) is 10.8. The Balaban J connectivity index is 2.11. The molecule has 0 spiro atoms. The van der Waals surface area contributed by atoms with Crippen molar-refractivity contribution < 1.29 is 9.18 Å². The molecule has 0 aromatic heterocycles. The molecule has 92 valence electrons. The van der Waals surface area contributed by atoms with Gasteiger partial charge in [0.15, 0.2) is 0 Å². The van der Waals surface area contributed by atoms with E-state index in [0.717, 1.165) is 5.75 Å². The molecule has 0 aliphatic rings. The SMILES string of the molecule is Cc1ccccc1CSc1ccc(C=O)cc1F. The normalized spacial score (nSPS) is 10.3. The Morgan fingerprint density at radius 1 is 1.22 bits per heavy atom. The van der Waals surface area contributed by atoms with Crippen molar-refractivity contribution in [2.75, 3.05) is 0 Å².